The Morgan fingerprint density at radius 3 is 2.71 bits per heavy atom. The zero-order valence-corrected chi connectivity index (χ0v) is 18.5. The number of morpholine rings is 1. The lowest BCUT2D eigenvalue weighted by atomic mass is 10.1. The van der Waals surface area contributed by atoms with Gasteiger partial charge in [0.15, 0.2) is 0 Å². The number of imidazole rings is 1. The number of anilines is 1. The first-order valence-electron chi connectivity index (χ1n) is 10.3. The molecule has 0 bridgehead atoms. The van der Waals surface area contributed by atoms with E-state index < -0.39 is 5.91 Å². The molecule has 3 aromatic rings. The number of amides is 2. The van der Waals surface area contributed by atoms with Gasteiger partial charge in [0.1, 0.15) is 0 Å². The number of carbonyl (C=O) groups excluding carboxylic acids is 2. The van der Waals surface area contributed by atoms with Crippen molar-refractivity contribution >= 4 is 40.3 Å². The zero-order chi connectivity index (χ0) is 22.0. The summed E-state index contributed by atoms with van der Waals surface area (Å²) >= 11 is 1.25. The molecule has 0 aliphatic carbocycles. The van der Waals surface area contributed by atoms with Gasteiger partial charge in [0, 0.05) is 37.1 Å². The number of hydrogen-bond acceptors (Lipinski definition) is 7. The standard InChI is InChI=1S/C21H26N6O3S/c1-3-4-27-18-15(11-26-5-7-30-8-6-26)9-14(19(22)28)10-17(18)23-21(27)24-20(29)16-12-31-25-13(16)2/h9-10,12H,3-8,11H2,1-2H3,(H2,22,28)(H,23,24,29). The van der Waals surface area contributed by atoms with Crippen LogP contribution in [0.5, 0.6) is 0 Å². The highest BCUT2D eigenvalue weighted by Gasteiger charge is 2.21. The fourth-order valence-electron chi connectivity index (χ4n) is 3.83. The van der Waals surface area contributed by atoms with E-state index in [0.717, 1.165) is 30.6 Å². The molecule has 1 saturated heterocycles. The van der Waals surface area contributed by atoms with E-state index in [4.69, 9.17) is 10.5 Å². The quantitative estimate of drug-likeness (QED) is 0.581. The van der Waals surface area contributed by atoms with E-state index in [1.54, 1.807) is 18.4 Å². The van der Waals surface area contributed by atoms with Crippen LogP contribution in [0, 0.1) is 6.92 Å². The molecule has 0 atom stereocenters. The summed E-state index contributed by atoms with van der Waals surface area (Å²) in [4.78, 5) is 31.7. The number of carbonyl (C=O) groups is 2. The summed E-state index contributed by atoms with van der Waals surface area (Å²) in [7, 11) is 0. The Kier molecular flexibility index (Phi) is 6.30. The Morgan fingerprint density at radius 1 is 1.29 bits per heavy atom. The molecule has 0 saturated carbocycles. The third-order valence-corrected chi connectivity index (χ3v) is 6.09. The van der Waals surface area contributed by atoms with Crippen LogP contribution in [-0.4, -0.2) is 56.9 Å². The van der Waals surface area contributed by atoms with E-state index >= 15 is 0 Å². The van der Waals surface area contributed by atoms with Gasteiger partial charge in [-0.2, -0.15) is 4.37 Å². The number of benzene rings is 1. The monoisotopic (exact) mass is 442 g/mol. The van der Waals surface area contributed by atoms with Crippen LogP contribution in [0.3, 0.4) is 0 Å². The average Bonchev–Trinajstić information content (AvgIpc) is 3.32. The van der Waals surface area contributed by atoms with Crippen molar-refractivity contribution in [3.05, 3.63) is 39.9 Å². The van der Waals surface area contributed by atoms with Crippen LogP contribution in [0.1, 0.15) is 45.3 Å². The minimum atomic E-state index is -0.499. The second-order valence-electron chi connectivity index (χ2n) is 7.61. The van der Waals surface area contributed by atoms with Gasteiger partial charge in [0.2, 0.25) is 11.9 Å². The van der Waals surface area contributed by atoms with Gasteiger partial charge >= 0.3 is 0 Å². The predicted molar refractivity (Wildman–Crippen MR) is 119 cm³/mol. The van der Waals surface area contributed by atoms with E-state index in [1.165, 1.54) is 11.5 Å². The first kappa shape index (κ1) is 21.4. The zero-order valence-electron chi connectivity index (χ0n) is 17.7. The van der Waals surface area contributed by atoms with Crippen LogP contribution in [0.25, 0.3) is 11.0 Å². The lowest BCUT2D eigenvalue weighted by Gasteiger charge is -2.27. The van der Waals surface area contributed by atoms with Crippen LogP contribution < -0.4 is 11.1 Å². The average molecular weight is 443 g/mol. The second kappa shape index (κ2) is 9.13. The molecule has 2 amide bonds. The van der Waals surface area contributed by atoms with E-state index in [1.807, 2.05) is 10.6 Å². The Balaban J connectivity index is 1.78. The summed E-state index contributed by atoms with van der Waals surface area (Å²) in [6.07, 6.45) is 0.863. The van der Waals surface area contributed by atoms with Crippen LogP contribution in [0.15, 0.2) is 17.5 Å². The van der Waals surface area contributed by atoms with Gasteiger partial charge in [-0.15, -0.1) is 0 Å². The van der Waals surface area contributed by atoms with Gasteiger partial charge in [-0.05, 0) is 42.6 Å². The number of aryl methyl sites for hydroxylation is 2. The molecule has 3 heterocycles. The van der Waals surface area contributed by atoms with Crippen molar-refractivity contribution in [2.24, 2.45) is 5.73 Å². The number of nitrogens with two attached hydrogens (primary N) is 1. The topological polar surface area (TPSA) is 115 Å². The third-order valence-electron chi connectivity index (χ3n) is 5.37. The van der Waals surface area contributed by atoms with Crippen molar-refractivity contribution in [1.29, 1.82) is 0 Å². The first-order valence-corrected chi connectivity index (χ1v) is 11.2. The van der Waals surface area contributed by atoms with E-state index in [2.05, 4.69) is 26.5 Å². The number of hydrogen-bond donors (Lipinski definition) is 2. The SMILES string of the molecule is CCCn1c(NC(=O)c2csnc2C)nc2cc(C(N)=O)cc(CN3CCOCC3)c21. The highest BCUT2D eigenvalue weighted by molar-refractivity contribution is 7.04. The molecule has 9 nitrogen and oxygen atoms in total. The van der Waals surface area contributed by atoms with Crippen LogP contribution >= 0.6 is 11.5 Å². The normalized spacial score (nSPS) is 14.8. The van der Waals surface area contributed by atoms with Gasteiger partial charge in [-0.25, -0.2) is 4.98 Å². The maximum atomic E-state index is 12.8. The molecule has 10 heteroatoms. The number of primary amides is 1. The summed E-state index contributed by atoms with van der Waals surface area (Å²) in [6.45, 7) is 8.21. The molecule has 2 aromatic heterocycles. The number of ether oxygens (including phenoxy) is 1. The lowest BCUT2D eigenvalue weighted by molar-refractivity contribution is 0.0343. The van der Waals surface area contributed by atoms with Gasteiger partial charge in [0.05, 0.1) is 35.5 Å². The Hall–Kier alpha value is -2.82. The maximum Gasteiger partial charge on any atom is 0.260 e. The Labute approximate surface area is 184 Å². The van der Waals surface area contributed by atoms with Crippen molar-refractivity contribution in [3.8, 4) is 0 Å². The third kappa shape index (κ3) is 4.46. The molecular formula is C21H26N6O3S. The molecule has 1 aliphatic rings. The van der Waals surface area contributed by atoms with Crippen molar-refractivity contribution in [3.63, 3.8) is 0 Å². The molecule has 3 N–H and O–H groups in total. The fraction of sp³-hybridized carbons (Fsp3) is 0.429. The van der Waals surface area contributed by atoms with Crippen LogP contribution in [0.4, 0.5) is 5.95 Å². The van der Waals surface area contributed by atoms with Crippen molar-refractivity contribution in [2.45, 2.75) is 33.4 Å². The van der Waals surface area contributed by atoms with Crippen molar-refractivity contribution < 1.29 is 14.3 Å². The number of fused-ring (bicyclic) bond motifs is 1. The minimum absolute atomic E-state index is 0.247. The predicted octanol–water partition coefficient (Wildman–Crippen LogP) is 2.39. The second-order valence-corrected chi connectivity index (χ2v) is 8.24. The van der Waals surface area contributed by atoms with E-state index in [0.29, 0.717) is 54.6 Å². The molecule has 1 fully saturated rings. The Bertz CT molecular complexity index is 1120. The Morgan fingerprint density at radius 2 is 2.06 bits per heavy atom. The van der Waals surface area contributed by atoms with Gasteiger partial charge < -0.3 is 15.0 Å². The highest BCUT2D eigenvalue weighted by atomic mass is 32.1. The van der Waals surface area contributed by atoms with Crippen molar-refractivity contribution in [2.75, 3.05) is 31.6 Å². The minimum Gasteiger partial charge on any atom is -0.379 e. The van der Waals surface area contributed by atoms with Gasteiger partial charge in [0.25, 0.3) is 5.91 Å². The molecule has 0 radical (unpaired) electrons. The van der Waals surface area contributed by atoms with Gasteiger partial charge in [-0.1, -0.05) is 6.92 Å². The number of nitrogens with zero attached hydrogens (tertiary/aromatic N) is 4. The summed E-state index contributed by atoms with van der Waals surface area (Å²) in [5.74, 6) is -0.290. The van der Waals surface area contributed by atoms with Crippen LogP contribution in [0.2, 0.25) is 0 Å². The summed E-state index contributed by atoms with van der Waals surface area (Å²) < 4.78 is 11.7. The van der Waals surface area contributed by atoms with Gasteiger partial charge in [-0.3, -0.25) is 19.8 Å². The number of aromatic nitrogens is 3. The smallest absolute Gasteiger partial charge is 0.260 e. The molecule has 0 spiro atoms. The molecule has 31 heavy (non-hydrogen) atoms. The summed E-state index contributed by atoms with van der Waals surface area (Å²) in [5, 5.41) is 4.67. The maximum absolute atomic E-state index is 12.8. The number of nitrogens with one attached hydrogen (secondary N) is 1. The molecule has 4 rings (SSSR count). The summed E-state index contributed by atoms with van der Waals surface area (Å²) in [5.41, 5.74) is 9.73. The summed E-state index contributed by atoms with van der Waals surface area (Å²) in [6, 6.07) is 3.53. The van der Waals surface area contributed by atoms with Crippen molar-refractivity contribution in [1.82, 2.24) is 18.8 Å². The fourth-order valence-corrected chi connectivity index (χ4v) is 4.53. The molecule has 0 unspecified atom stereocenters. The molecule has 164 valence electrons. The molecule has 1 aliphatic heterocycles. The molecule has 1 aromatic carbocycles. The highest BCUT2D eigenvalue weighted by Crippen LogP contribution is 2.28. The largest absolute Gasteiger partial charge is 0.379 e. The lowest BCUT2D eigenvalue weighted by Crippen LogP contribution is -2.35. The number of rotatable bonds is 7. The molecular weight excluding hydrogens is 416 g/mol. The van der Waals surface area contributed by atoms with E-state index in [9.17, 15) is 9.59 Å². The first-order chi connectivity index (χ1) is 15.0. The van der Waals surface area contributed by atoms with E-state index in [-0.39, 0.29) is 5.91 Å². The van der Waals surface area contributed by atoms with Crippen LogP contribution in [-0.2, 0) is 17.8 Å².